The number of nitrogens with zero attached hydrogens (tertiary/aromatic N) is 2. The van der Waals surface area contributed by atoms with Gasteiger partial charge in [-0.15, -0.1) is 0 Å². The van der Waals surface area contributed by atoms with Crippen molar-refractivity contribution >= 4 is 10.1 Å². The molecule has 0 aliphatic rings. The lowest BCUT2D eigenvalue weighted by molar-refractivity contribution is 0.484. The maximum Gasteiger partial charge on any atom is 0.264 e. The zero-order chi connectivity index (χ0) is 9.45. The van der Waals surface area contributed by atoms with Crippen LogP contribution in [0, 0.1) is 0 Å². The number of aromatic nitrogens is 2. The van der Waals surface area contributed by atoms with Crippen LogP contribution in [-0.4, -0.2) is 28.7 Å². The summed E-state index contributed by atoms with van der Waals surface area (Å²) < 4.78 is 26.9. The van der Waals surface area contributed by atoms with E-state index in [9.17, 15) is 8.42 Å². The van der Waals surface area contributed by atoms with Crippen LogP contribution in [0.3, 0.4) is 0 Å². The van der Waals surface area contributed by atoms with Gasteiger partial charge in [0.15, 0.2) is 0 Å². The fraction of sp³-hybridized carbons (Fsp3) is 0.333. The van der Waals surface area contributed by atoms with Crippen LogP contribution >= 0.6 is 0 Å². The summed E-state index contributed by atoms with van der Waals surface area (Å²) in [4.78, 5) is 7.35. The molecule has 0 aliphatic heterocycles. The molecular formula is C6H10N2O3S. The molecule has 0 fully saturated rings. The molecule has 0 atom stereocenters. The van der Waals surface area contributed by atoms with E-state index in [-0.39, 0.29) is 5.75 Å². The van der Waals surface area contributed by atoms with Crippen molar-refractivity contribution in [2.45, 2.75) is 6.92 Å². The molecule has 0 saturated carbocycles. The number of rotatable bonds is 1. The smallest absolute Gasteiger partial charge is 0.264 e. The first-order valence-corrected chi connectivity index (χ1v) is 4.82. The third-order valence-electron chi connectivity index (χ3n) is 0.842. The monoisotopic (exact) mass is 190 g/mol. The summed E-state index contributed by atoms with van der Waals surface area (Å²) in [5.41, 5.74) is 0. The van der Waals surface area contributed by atoms with Gasteiger partial charge in [0, 0.05) is 12.4 Å². The Bertz CT molecular complexity index is 258. The second kappa shape index (κ2) is 5.62. The van der Waals surface area contributed by atoms with Crippen molar-refractivity contribution in [1.29, 1.82) is 0 Å². The zero-order valence-corrected chi connectivity index (χ0v) is 7.40. The number of hydrogen-bond donors (Lipinski definition) is 1. The van der Waals surface area contributed by atoms with Crippen molar-refractivity contribution in [2.24, 2.45) is 0 Å². The molecule has 0 aliphatic carbocycles. The topological polar surface area (TPSA) is 80.2 Å². The largest absolute Gasteiger partial charge is 0.286 e. The molecule has 0 spiro atoms. The number of hydrogen-bond acceptors (Lipinski definition) is 4. The van der Waals surface area contributed by atoms with E-state index in [0.29, 0.717) is 0 Å². The summed E-state index contributed by atoms with van der Waals surface area (Å²) in [6, 6.07) is 1.78. The fourth-order valence-corrected chi connectivity index (χ4v) is 0.253. The van der Waals surface area contributed by atoms with Gasteiger partial charge in [-0.05, 0) is 13.0 Å². The van der Waals surface area contributed by atoms with E-state index in [1.54, 1.807) is 18.5 Å². The van der Waals surface area contributed by atoms with Gasteiger partial charge in [-0.1, -0.05) is 0 Å². The predicted octanol–water partition coefficient (Wildman–Crippen LogP) is 0.371. The standard InChI is InChI=1S/C4H4N2.C2H6O3S/c1-2-5-4-6-3-1;1-2-6(3,4)5/h1-4H;2H2,1H3,(H,3,4,5). The van der Waals surface area contributed by atoms with Gasteiger partial charge in [0.05, 0.1) is 5.75 Å². The first kappa shape index (κ1) is 11.0. The van der Waals surface area contributed by atoms with E-state index in [4.69, 9.17) is 4.55 Å². The Morgan fingerprint density at radius 3 is 1.83 bits per heavy atom. The third-order valence-corrected chi connectivity index (χ3v) is 1.57. The Balaban J connectivity index is 0.000000202. The highest BCUT2D eigenvalue weighted by Crippen LogP contribution is 1.74. The maximum atomic E-state index is 9.56. The zero-order valence-electron chi connectivity index (χ0n) is 6.58. The molecule has 1 aromatic rings. The van der Waals surface area contributed by atoms with Gasteiger partial charge < -0.3 is 0 Å². The average Bonchev–Trinajstić information content (AvgIpc) is 2.07. The van der Waals surface area contributed by atoms with Crippen LogP contribution in [0.5, 0.6) is 0 Å². The van der Waals surface area contributed by atoms with Crippen molar-refractivity contribution < 1.29 is 13.0 Å². The molecule has 1 heterocycles. The Hall–Kier alpha value is -1.01. The molecule has 0 aromatic carbocycles. The van der Waals surface area contributed by atoms with Crippen LogP contribution in [-0.2, 0) is 10.1 Å². The highest BCUT2D eigenvalue weighted by Gasteiger charge is 1.93. The second-order valence-electron chi connectivity index (χ2n) is 1.77. The molecule has 0 unspecified atom stereocenters. The van der Waals surface area contributed by atoms with Crippen LogP contribution in [0.25, 0.3) is 0 Å². The molecule has 1 rings (SSSR count). The normalized spacial score (nSPS) is 9.83. The molecule has 1 N–H and O–H groups in total. The molecule has 0 bridgehead atoms. The Kier molecular flexibility index (Phi) is 5.14. The highest BCUT2D eigenvalue weighted by atomic mass is 32.2. The maximum absolute atomic E-state index is 9.56. The van der Waals surface area contributed by atoms with Gasteiger partial charge in [-0.3, -0.25) is 4.55 Å². The summed E-state index contributed by atoms with van der Waals surface area (Å²) in [7, 11) is -3.66. The van der Waals surface area contributed by atoms with Gasteiger partial charge in [-0.25, -0.2) is 9.97 Å². The van der Waals surface area contributed by atoms with E-state index in [1.807, 2.05) is 0 Å². The first-order chi connectivity index (χ1) is 5.56. The lowest BCUT2D eigenvalue weighted by Crippen LogP contribution is -1.97. The van der Waals surface area contributed by atoms with Crippen LogP contribution in [0.15, 0.2) is 24.8 Å². The van der Waals surface area contributed by atoms with E-state index in [2.05, 4.69) is 9.97 Å². The summed E-state index contributed by atoms with van der Waals surface area (Å²) >= 11 is 0. The SMILES string of the molecule is CCS(=O)(=O)O.c1cncnc1. The molecule has 6 heteroatoms. The molecule has 12 heavy (non-hydrogen) atoms. The van der Waals surface area contributed by atoms with E-state index in [1.165, 1.54) is 13.3 Å². The third kappa shape index (κ3) is 8.99. The Morgan fingerprint density at radius 2 is 1.75 bits per heavy atom. The first-order valence-electron chi connectivity index (χ1n) is 3.21. The van der Waals surface area contributed by atoms with Gasteiger partial charge in [-0.2, -0.15) is 8.42 Å². The second-order valence-corrected chi connectivity index (χ2v) is 3.52. The van der Waals surface area contributed by atoms with Crippen LogP contribution in [0.4, 0.5) is 0 Å². The van der Waals surface area contributed by atoms with E-state index < -0.39 is 10.1 Å². The molecule has 0 radical (unpaired) electrons. The lowest BCUT2D eigenvalue weighted by Gasteiger charge is -1.79. The van der Waals surface area contributed by atoms with Crippen LogP contribution in [0.1, 0.15) is 6.92 Å². The fourth-order valence-electron chi connectivity index (χ4n) is 0.253. The van der Waals surface area contributed by atoms with Crippen molar-refractivity contribution in [2.75, 3.05) is 5.75 Å². The van der Waals surface area contributed by atoms with Crippen LogP contribution in [0.2, 0.25) is 0 Å². The Labute approximate surface area is 71.2 Å². The summed E-state index contributed by atoms with van der Waals surface area (Å²) in [5.74, 6) is -0.201. The molecular weight excluding hydrogens is 180 g/mol. The molecule has 0 saturated heterocycles. The van der Waals surface area contributed by atoms with Crippen molar-refractivity contribution in [3.8, 4) is 0 Å². The summed E-state index contributed by atoms with van der Waals surface area (Å²) in [6.07, 6.45) is 4.88. The minimum absolute atomic E-state index is 0.201. The van der Waals surface area contributed by atoms with Gasteiger partial charge in [0.25, 0.3) is 10.1 Å². The van der Waals surface area contributed by atoms with Gasteiger partial charge in [0.2, 0.25) is 0 Å². The molecule has 1 aromatic heterocycles. The minimum Gasteiger partial charge on any atom is -0.286 e. The van der Waals surface area contributed by atoms with Crippen molar-refractivity contribution in [1.82, 2.24) is 9.97 Å². The quantitative estimate of drug-likeness (QED) is 0.647. The minimum atomic E-state index is -3.66. The molecule has 0 amide bonds. The van der Waals surface area contributed by atoms with Gasteiger partial charge in [0.1, 0.15) is 6.33 Å². The van der Waals surface area contributed by atoms with Crippen LogP contribution < -0.4 is 0 Å². The van der Waals surface area contributed by atoms with E-state index in [0.717, 1.165) is 0 Å². The average molecular weight is 190 g/mol. The molecule has 5 nitrogen and oxygen atoms in total. The molecule has 68 valence electrons. The predicted molar refractivity (Wildman–Crippen MR) is 44.1 cm³/mol. The Morgan fingerprint density at radius 1 is 1.33 bits per heavy atom. The summed E-state index contributed by atoms with van der Waals surface area (Å²) in [6.45, 7) is 1.37. The van der Waals surface area contributed by atoms with Crippen molar-refractivity contribution in [3.63, 3.8) is 0 Å². The lowest BCUT2D eigenvalue weighted by atomic mass is 10.7. The highest BCUT2D eigenvalue weighted by molar-refractivity contribution is 7.85. The van der Waals surface area contributed by atoms with E-state index >= 15 is 0 Å². The summed E-state index contributed by atoms with van der Waals surface area (Å²) in [5, 5.41) is 0. The van der Waals surface area contributed by atoms with Gasteiger partial charge >= 0.3 is 0 Å². The van der Waals surface area contributed by atoms with Crippen molar-refractivity contribution in [3.05, 3.63) is 24.8 Å².